The van der Waals surface area contributed by atoms with Gasteiger partial charge in [-0.25, -0.2) is 4.79 Å². The molecule has 0 heterocycles. The molecule has 0 spiro atoms. The average Bonchev–Trinajstić information content (AvgIpc) is 2.84. The Bertz CT molecular complexity index is 743. The number of carboxylic acids is 2. The Kier molecular flexibility index (Phi) is 20.4. The smallest absolute Gasteiger partial charge is 0.326 e. The molecule has 0 bridgehead atoms. The fourth-order valence-corrected chi connectivity index (χ4v) is 3.69. The first-order chi connectivity index (χ1) is 17.7. The van der Waals surface area contributed by atoms with E-state index in [0.717, 1.165) is 51.4 Å². The molecule has 0 aromatic rings. The number of hydrogen-bond acceptors (Lipinski definition) is 8. The lowest BCUT2D eigenvalue weighted by molar-refractivity contribution is -0.142. The summed E-state index contributed by atoms with van der Waals surface area (Å²) in [7, 11) is 0. The van der Waals surface area contributed by atoms with Crippen molar-refractivity contribution in [3.05, 3.63) is 0 Å². The van der Waals surface area contributed by atoms with E-state index in [1.807, 2.05) is 0 Å². The van der Waals surface area contributed by atoms with Gasteiger partial charge in [-0.15, -0.1) is 0 Å². The summed E-state index contributed by atoms with van der Waals surface area (Å²) in [5.74, 6) is 2.39. The Balaban J connectivity index is 3.89. The van der Waals surface area contributed by atoms with Gasteiger partial charge in [0.15, 0.2) is 0 Å². The third-order valence-corrected chi connectivity index (χ3v) is 5.93. The molecule has 12 nitrogen and oxygen atoms in total. The normalized spacial score (nSPS) is 13.4. The third-order valence-electron chi connectivity index (χ3n) is 5.93. The standard InChI is InChI=1S/C25H46N6O6/c26-20(24(27)35)17-19(31-28)18-29-16-15-21(25(36)37)30-22(32)13-11-9-7-5-3-1-2-4-6-8-10-12-14-23(33)34/h18,20-21H,1-17,26,28H2,(H2,27,35)(H,30,32)(H,33,34)(H,36,37)/t20-,21-/m0/s1. The number of carboxylic acid groups (broad SMARTS) is 2. The molecule has 0 aromatic carbocycles. The molecule has 212 valence electrons. The van der Waals surface area contributed by atoms with Crippen molar-refractivity contribution in [2.24, 2.45) is 27.4 Å². The minimum absolute atomic E-state index is 0.0198. The number of aliphatic imine (C=N–C) groups is 1. The lowest BCUT2D eigenvalue weighted by Crippen LogP contribution is -2.41. The number of hydrogen-bond donors (Lipinski definition) is 6. The second kappa shape index (κ2) is 22.2. The van der Waals surface area contributed by atoms with E-state index in [-0.39, 0.29) is 43.8 Å². The summed E-state index contributed by atoms with van der Waals surface area (Å²) in [5.41, 5.74) is 10.9. The Labute approximate surface area is 219 Å². The molecule has 0 unspecified atom stereocenters. The van der Waals surface area contributed by atoms with Gasteiger partial charge in [0, 0.05) is 32.0 Å². The summed E-state index contributed by atoms with van der Waals surface area (Å²) in [4.78, 5) is 49.1. The van der Waals surface area contributed by atoms with E-state index in [1.54, 1.807) is 0 Å². The molecule has 0 aliphatic carbocycles. The Morgan fingerprint density at radius 3 is 1.73 bits per heavy atom. The maximum Gasteiger partial charge on any atom is 0.326 e. The number of hydrazone groups is 1. The second-order valence-electron chi connectivity index (χ2n) is 9.25. The van der Waals surface area contributed by atoms with Crippen LogP contribution >= 0.6 is 0 Å². The number of primary amides is 1. The highest BCUT2D eigenvalue weighted by atomic mass is 16.4. The van der Waals surface area contributed by atoms with Crippen LogP contribution < -0.4 is 22.6 Å². The van der Waals surface area contributed by atoms with Gasteiger partial charge in [0.25, 0.3) is 0 Å². The molecule has 0 saturated heterocycles. The van der Waals surface area contributed by atoms with Crippen molar-refractivity contribution in [1.82, 2.24) is 5.32 Å². The number of carbonyl (C=O) groups excluding carboxylic acids is 2. The van der Waals surface area contributed by atoms with Crippen LogP contribution in [0.4, 0.5) is 0 Å². The van der Waals surface area contributed by atoms with Crippen molar-refractivity contribution in [2.45, 2.75) is 115 Å². The van der Waals surface area contributed by atoms with Crippen LogP contribution in [0.2, 0.25) is 0 Å². The van der Waals surface area contributed by atoms with Crippen LogP contribution in [0.1, 0.15) is 103 Å². The molecule has 0 fully saturated rings. The molecule has 0 aliphatic heterocycles. The molecule has 2 atom stereocenters. The number of nitrogens with zero attached hydrogens (tertiary/aromatic N) is 2. The lowest BCUT2D eigenvalue weighted by atomic mass is 10.0. The molecule has 9 N–H and O–H groups in total. The van der Waals surface area contributed by atoms with Crippen LogP contribution in [0.25, 0.3) is 0 Å². The minimum Gasteiger partial charge on any atom is -0.481 e. The first kappa shape index (κ1) is 34.0. The summed E-state index contributed by atoms with van der Waals surface area (Å²) in [5, 5.41) is 24.0. The molecular weight excluding hydrogens is 480 g/mol. The summed E-state index contributed by atoms with van der Waals surface area (Å²) >= 11 is 0. The first-order valence-electron chi connectivity index (χ1n) is 13.2. The van der Waals surface area contributed by atoms with Gasteiger partial charge in [-0.3, -0.25) is 19.4 Å². The summed E-state index contributed by atoms with van der Waals surface area (Å²) in [6.45, 7) is 0.118. The van der Waals surface area contributed by atoms with E-state index in [0.29, 0.717) is 6.42 Å². The van der Waals surface area contributed by atoms with Crippen LogP contribution in [-0.4, -0.2) is 64.5 Å². The quantitative estimate of drug-likeness (QED) is 0.0471. The minimum atomic E-state index is -1.13. The Morgan fingerprint density at radius 1 is 0.811 bits per heavy atom. The predicted octanol–water partition coefficient (Wildman–Crippen LogP) is 2.08. The van der Waals surface area contributed by atoms with Crippen LogP contribution in [0, 0.1) is 0 Å². The Hall–Kier alpha value is -3.02. The molecular formula is C25H46N6O6. The van der Waals surface area contributed by atoms with Crippen molar-refractivity contribution in [1.29, 1.82) is 0 Å². The molecule has 12 heteroatoms. The summed E-state index contributed by atoms with van der Waals surface area (Å²) in [6.07, 6.45) is 14.5. The second-order valence-corrected chi connectivity index (χ2v) is 9.25. The highest BCUT2D eigenvalue weighted by Crippen LogP contribution is 2.13. The number of unbranched alkanes of at least 4 members (excludes halogenated alkanes) is 11. The van der Waals surface area contributed by atoms with E-state index in [2.05, 4.69) is 15.4 Å². The van der Waals surface area contributed by atoms with Gasteiger partial charge in [0.2, 0.25) is 11.8 Å². The van der Waals surface area contributed by atoms with Crippen molar-refractivity contribution < 1.29 is 29.4 Å². The number of aliphatic carboxylic acids is 2. The van der Waals surface area contributed by atoms with E-state index >= 15 is 0 Å². The largest absolute Gasteiger partial charge is 0.481 e. The summed E-state index contributed by atoms with van der Waals surface area (Å²) < 4.78 is 0. The van der Waals surface area contributed by atoms with Gasteiger partial charge in [-0.05, 0) is 19.3 Å². The zero-order chi connectivity index (χ0) is 27.9. The maximum absolute atomic E-state index is 12.1. The zero-order valence-electron chi connectivity index (χ0n) is 21.9. The van der Waals surface area contributed by atoms with Gasteiger partial charge in [0.1, 0.15) is 6.04 Å². The number of nitrogens with one attached hydrogen (secondary N) is 1. The van der Waals surface area contributed by atoms with Crippen molar-refractivity contribution >= 4 is 35.7 Å². The van der Waals surface area contributed by atoms with Gasteiger partial charge in [-0.2, -0.15) is 5.10 Å². The van der Waals surface area contributed by atoms with Crippen LogP contribution in [0.15, 0.2) is 10.1 Å². The molecule has 0 rings (SSSR count). The van der Waals surface area contributed by atoms with Crippen LogP contribution in [0.3, 0.4) is 0 Å². The molecule has 2 amide bonds. The van der Waals surface area contributed by atoms with Crippen molar-refractivity contribution in [2.75, 3.05) is 6.54 Å². The average molecular weight is 527 g/mol. The highest BCUT2D eigenvalue weighted by Gasteiger charge is 2.19. The van der Waals surface area contributed by atoms with Gasteiger partial charge < -0.3 is 32.8 Å². The number of carbonyl (C=O) groups is 4. The number of amides is 2. The van der Waals surface area contributed by atoms with E-state index in [9.17, 15) is 24.3 Å². The lowest BCUT2D eigenvalue weighted by Gasteiger charge is -2.13. The number of nitrogens with two attached hydrogens (primary N) is 3. The van der Waals surface area contributed by atoms with Crippen LogP contribution in [-0.2, 0) is 19.2 Å². The van der Waals surface area contributed by atoms with Gasteiger partial charge in [-0.1, -0.05) is 64.2 Å². The van der Waals surface area contributed by atoms with Crippen LogP contribution in [0.5, 0.6) is 0 Å². The molecule has 0 saturated carbocycles. The van der Waals surface area contributed by atoms with Crippen molar-refractivity contribution in [3.8, 4) is 0 Å². The van der Waals surface area contributed by atoms with E-state index in [4.69, 9.17) is 22.4 Å². The molecule has 37 heavy (non-hydrogen) atoms. The fourth-order valence-electron chi connectivity index (χ4n) is 3.69. The molecule has 0 aromatic heterocycles. The van der Waals surface area contributed by atoms with Gasteiger partial charge in [0.05, 0.1) is 11.8 Å². The molecule has 0 aliphatic rings. The van der Waals surface area contributed by atoms with E-state index < -0.39 is 29.9 Å². The van der Waals surface area contributed by atoms with E-state index in [1.165, 1.54) is 25.5 Å². The molecule has 0 radical (unpaired) electrons. The fraction of sp³-hybridized carbons (Fsp3) is 0.760. The third kappa shape index (κ3) is 20.8. The SMILES string of the molecule is NN=C(C=NCC[C@H](NC(=O)CCCCCCCCCCCCCCC(=O)O)C(=O)O)C[C@H](N)C(N)=O. The highest BCUT2D eigenvalue weighted by molar-refractivity contribution is 6.31. The number of rotatable bonds is 24. The Morgan fingerprint density at radius 2 is 1.30 bits per heavy atom. The van der Waals surface area contributed by atoms with Crippen molar-refractivity contribution in [3.63, 3.8) is 0 Å². The van der Waals surface area contributed by atoms with Gasteiger partial charge >= 0.3 is 11.9 Å². The monoisotopic (exact) mass is 526 g/mol. The first-order valence-corrected chi connectivity index (χ1v) is 13.2. The zero-order valence-corrected chi connectivity index (χ0v) is 21.9. The topological polar surface area (TPSA) is 224 Å². The maximum atomic E-state index is 12.1. The summed E-state index contributed by atoms with van der Waals surface area (Å²) in [6, 6.07) is -1.99. The predicted molar refractivity (Wildman–Crippen MR) is 143 cm³/mol.